The van der Waals surface area contributed by atoms with Gasteiger partial charge in [-0.3, -0.25) is 9.59 Å². The Labute approximate surface area is 136 Å². The van der Waals surface area contributed by atoms with Crippen molar-refractivity contribution in [3.05, 3.63) is 88.6 Å². The van der Waals surface area contributed by atoms with Crippen molar-refractivity contribution in [1.82, 2.24) is 4.98 Å². The minimum Gasteiger partial charge on any atom is -0.453 e. The Morgan fingerprint density at radius 2 is 1.83 bits per heavy atom. The molecule has 2 N–H and O–H groups in total. The molecule has 24 heavy (non-hydrogen) atoms. The predicted octanol–water partition coefficient (Wildman–Crippen LogP) is 3.56. The first-order valence-electron chi connectivity index (χ1n) is 7.15. The Kier molecular flexibility index (Phi) is 4.38. The summed E-state index contributed by atoms with van der Waals surface area (Å²) in [5.74, 6) is -0.998. The summed E-state index contributed by atoms with van der Waals surface area (Å²) < 4.78 is 19.7. The van der Waals surface area contributed by atoms with Crippen LogP contribution < -0.4 is 15.6 Å². The number of hydrogen-bond acceptors (Lipinski definition) is 3. The number of pyridine rings is 1. The van der Waals surface area contributed by atoms with Crippen molar-refractivity contribution in [3.8, 4) is 11.5 Å². The van der Waals surface area contributed by atoms with Crippen molar-refractivity contribution < 1.29 is 13.9 Å². The van der Waals surface area contributed by atoms with Gasteiger partial charge in [0.1, 0.15) is 5.75 Å². The molecule has 0 aliphatic carbocycles. The number of benzene rings is 2. The number of hydrogen-bond donors (Lipinski definition) is 2. The van der Waals surface area contributed by atoms with Gasteiger partial charge in [0.15, 0.2) is 11.6 Å². The lowest BCUT2D eigenvalue weighted by molar-refractivity contribution is 0.102. The van der Waals surface area contributed by atoms with Crippen LogP contribution in [0, 0.1) is 5.82 Å². The summed E-state index contributed by atoms with van der Waals surface area (Å²) in [5.41, 5.74) is -0.0226. The monoisotopic (exact) mass is 324 g/mol. The highest BCUT2D eigenvalue weighted by molar-refractivity contribution is 6.06. The van der Waals surface area contributed by atoms with Gasteiger partial charge in [0.05, 0.1) is 5.56 Å². The molecule has 0 saturated heterocycles. The number of carbonyl (C=O) groups excluding carboxylic acids is 1. The van der Waals surface area contributed by atoms with Gasteiger partial charge >= 0.3 is 0 Å². The fourth-order valence-corrected chi connectivity index (χ4v) is 2.12. The zero-order chi connectivity index (χ0) is 16.9. The largest absolute Gasteiger partial charge is 0.453 e. The first-order chi connectivity index (χ1) is 11.6. The fourth-order valence-electron chi connectivity index (χ4n) is 2.12. The van der Waals surface area contributed by atoms with Crippen molar-refractivity contribution >= 4 is 11.6 Å². The smallest absolute Gasteiger partial charge is 0.259 e. The van der Waals surface area contributed by atoms with Gasteiger partial charge in [-0.05, 0) is 30.3 Å². The van der Waals surface area contributed by atoms with Crippen LogP contribution in [0.4, 0.5) is 10.1 Å². The van der Waals surface area contributed by atoms with E-state index in [-0.39, 0.29) is 16.9 Å². The molecule has 0 spiro atoms. The summed E-state index contributed by atoms with van der Waals surface area (Å²) in [6.07, 6.45) is 1.41. The van der Waals surface area contributed by atoms with Crippen LogP contribution in [0.3, 0.4) is 0 Å². The average Bonchev–Trinajstić information content (AvgIpc) is 2.57. The standard InChI is InChI=1S/C18H13FN2O3/c19-15-8-4-7-14(17(15)24-13-5-2-1-3-6-13)18(23)21-12-9-10-20-16(22)11-12/h1-11H,(H2,20,21,22,23). The van der Waals surface area contributed by atoms with Crippen molar-refractivity contribution in [2.75, 3.05) is 5.32 Å². The van der Waals surface area contributed by atoms with Crippen LogP contribution >= 0.6 is 0 Å². The van der Waals surface area contributed by atoms with E-state index >= 15 is 0 Å². The third-order valence-electron chi connectivity index (χ3n) is 3.21. The normalized spacial score (nSPS) is 10.2. The molecule has 1 amide bonds. The molecule has 1 heterocycles. The van der Waals surface area contributed by atoms with Gasteiger partial charge in [0.25, 0.3) is 5.91 Å². The number of aromatic amines is 1. The van der Waals surface area contributed by atoms with Crippen LogP contribution in [-0.2, 0) is 0 Å². The van der Waals surface area contributed by atoms with E-state index in [2.05, 4.69) is 10.3 Å². The minimum absolute atomic E-state index is 0.0270. The van der Waals surface area contributed by atoms with E-state index in [1.54, 1.807) is 30.3 Å². The molecule has 5 nitrogen and oxygen atoms in total. The number of anilines is 1. The maximum atomic E-state index is 14.1. The Morgan fingerprint density at radius 1 is 1.04 bits per heavy atom. The second-order valence-electron chi connectivity index (χ2n) is 4.93. The molecule has 0 unspecified atom stereocenters. The van der Waals surface area contributed by atoms with Gasteiger partial charge in [-0.15, -0.1) is 0 Å². The van der Waals surface area contributed by atoms with Gasteiger partial charge in [0, 0.05) is 18.0 Å². The lowest BCUT2D eigenvalue weighted by atomic mass is 10.1. The van der Waals surface area contributed by atoms with Crippen molar-refractivity contribution in [2.24, 2.45) is 0 Å². The summed E-state index contributed by atoms with van der Waals surface area (Å²) in [6.45, 7) is 0. The molecule has 0 bridgehead atoms. The number of rotatable bonds is 4. The molecule has 0 radical (unpaired) electrons. The molecule has 0 saturated carbocycles. The summed E-state index contributed by atoms with van der Waals surface area (Å²) >= 11 is 0. The highest BCUT2D eigenvalue weighted by Crippen LogP contribution is 2.28. The second-order valence-corrected chi connectivity index (χ2v) is 4.93. The molecular weight excluding hydrogens is 311 g/mol. The van der Waals surface area contributed by atoms with E-state index in [9.17, 15) is 14.0 Å². The topological polar surface area (TPSA) is 71.2 Å². The van der Waals surface area contributed by atoms with Gasteiger partial charge in [0.2, 0.25) is 5.56 Å². The molecule has 0 fully saturated rings. The molecule has 0 aliphatic rings. The number of halogens is 1. The minimum atomic E-state index is -0.655. The Hall–Kier alpha value is -3.41. The van der Waals surface area contributed by atoms with E-state index in [4.69, 9.17) is 4.74 Å². The van der Waals surface area contributed by atoms with Gasteiger partial charge in [-0.2, -0.15) is 0 Å². The lowest BCUT2D eigenvalue weighted by Crippen LogP contribution is -2.15. The van der Waals surface area contributed by atoms with Crippen LogP contribution in [0.1, 0.15) is 10.4 Å². The zero-order valence-corrected chi connectivity index (χ0v) is 12.5. The quantitative estimate of drug-likeness (QED) is 0.771. The third kappa shape index (κ3) is 3.49. The van der Waals surface area contributed by atoms with Gasteiger partial charge in [-0.25, -0.2) is 4.39 Å². The molecule has 2 aromatic carbocycles. The fraction of sp³-hybridized carbons (Fsp3) is 0. The predicted molar refractivity (Wildman–Crippen MR) is 87.9 cm³/mol. The van der Waals surface area contributed by atoms with E-state index < -0.39 is 11.7 Å². The lowest BCUT2D eigenvalue weighted by Gasteiger charge is -2.12. The van der Waals surface area contributed by atoms with E-state index in [0.717, 1.165) is 0 Å². The molecule has 0 aliphatic heterocycles. The number of para-hydroxylation sites is 2. The molecular formula is C18H13FN2O3. The Balaban J connectivity index is 1.91. The SMILES string of the molecule is O=C(Nc1cc[nH]c(=O)c1)c1cccc(F)c1Oc1ccccc1. The number of H-pyrrole nitrogens is 1. The van der Waals surface area contributed by atoms with Gasteiger partial charge in [-0.1, -0.05) is 24.3 Å². The number of nitrogens with one attached hydrogen (secondary N) is 2. The number of carbonyl (C=O) groups is 1. The molecule has 1 aromatic heterocycles. The first kappa shape index (κ1) is 15.5. The second kappa shape index (κ2) is 6.78. The van der Waals surface area contributed by atoms with Crippen molar-refractivity contribution in [2.45, 2.75) is 0 Å². The summed E-state index contributed by atoms with van der Waals surface area (Å²) in [4.78, 5) is 26.1. The Morgan fingerprint density at radius 3 is 2.58 bits per heavy atom. The summed E-state index contributed by atoms with van der Waals surface area (Å²) in [6, 6.07) is 15.4. The molecule has 120 valence electrons. The van der Waals surface area contributed by atoms with Crippen LogP contribution in [-0.4, -0.2) is 10.9 Å². The highest BCUT2D eigenvalue weighted by Gasteiger charge is 2.17. The summed E-state index contributed by atoms with van der Waals surface area (Å²) in [7, 11) is 0. The van der Waals surface area contributed by atoms with E-state index in [1.165, 1.54) is 36.5 Å². The number of ether oxygens (including phenoxy) is 1. The van der Waals surface area contributed by atoms with Crippen molar-refractivity contribution in [3.63, 3.8) is 0 Å². The highest BCUT2D eigenvalue weighted by atomic mass is 19.1. The molecule has 3 aromatic rings. The number of amides is 1. The van der Waals surface area contributed by atoms with E-state index in [1.807, 2.05) is 0 Å². The first-order valence-corrected chi connectivity index (χ1v) is 7.15. The van der Waals surface area contributed by atoms with Crippen LogP contribution in [0.15, 0.2) is 71.7 Å². The maximum absolute atomic E-state index is 14.1. The van der Waals surface area contributed by atoms with E-state index in [0.29, 0.717) is 11.4 Å². The third-order valence-corrected chi connectivity index (χ3v) is 3.21. The van der Waals surface area contributed by atoms with Gasteiger partial charge < -0.3 is 15.0 Å². The zero-order valence-electron chi connectivity index (χ0n) is 12.5. The average molecular weight is 324 g/mol. The van der Waals surface area contributed by atoms with Crippen LogP contribution in [0.2, 0.25) is 0 Å². The maximum Gasteiger partial charge on any atom is 0.259 e. The van der Waals surface area contributed by atoms with Crippen LogP contribution in [0.25, 0.3) is 0 Å². The van der Waals surface area contributed by atoms with Crippen molar-refractivity contribution in [1.29, 1.82) is 0 Å². The number of aromatic nitrogens is 1. The Bertz CT molecular complexity index is 923. The van der Waals surface area contributed by atoms with Crippen LogP contribution in [0.5, 0.6) is 11.5 Å². The molecule has 0 atom stereocenters. The molecule has 6 heteroatoms. The summed E-state index contributed by atoms with van der Waals surface area (Å²) in [5, 5.41) is 2.55. The molecule has 3 rings (SSSR count).